The number of hydrogen-bond donors (Lipinski definition) is 2. The molecule has 4 aromatic rings. The van der Waals surface area contributed by atoms with Crippen LogP contribution in [0.3, 0.4) is 0 Å². The number of aromatic nitrogens is 6. The van der Waals surface area contributed by atoms with E-state index >= 15 is 0 Å². The Morgan fingerprint density at radius 1 is 1.12 bits per heavy atom. The summed E-state index contributed by atoms with van der Waals surface area (Å²) in [4.78, 5) is 30.3. The summed E-state index contributed by atoms with van der Waals surface area (Å²) in [6.45, 7) is 0. The highest BCUT2D eigenvalue weighted by Gasteiger charge is 2.32. The van der Waals surface area contributed by atoms with Crippen LogP contribution < -0.4 is 11.2 Å². The highest BCUT2D eigenvalue weighted by Crippen LogP contribution is 2.36. The minimum Gasteiger partial charge on any atom is -0.321 e. The van der Waals surface area contributed by atoms with Crippen molar-refractivity contribution in [1.29, 1.82) is 0 Å². The number of halogens is 3. The maximum absolute atomic E-state index is 13.2. The molecule has 2 N–H and O–H groups in total. The Bertz CT molecular complexity index is 1290. The lowest BCUT2D eigenvalue weighted by Crippen LogP contribution is -2.29. The van der Waals surface area contributed by atoms with Crippen LogP contribution in [0.2, 0.25) is 0 Å². The number of hydrogen-bond acceptors (Lipinski definition) is 4. The SMILES string of the molecule is Cn1c(-c2cc(C(F)(F)F)cc3[nH]ncc23)nc2c1c(=O)[nH]c(=O)n2C. The second kappa shape index (κ2) is 5.07. The molecule has 26 heavy (non-hydrogen) atoms. The first-order valence-corrected chi connectivity index (χ1v) is 7.39. The van der Waals surface area contributed by atoms with E-state index in [0.717, 1.165) is 16.7 Å². The molecule has 0 saturated carbocycles. The predicted molar refractivity (Wildman–Crippen MR) is 86.7 cm³/mol. The number of alkyl halides is 3. The molecule has 0 atom stereocenters. The number of aromatic amines is 2. The van der Waals surface area contributed by atoms with E-state index in [-0.39, 0.29) is 28.1 Å². The Kier molecular flexibility index (Phi) is 3.14. The lowest BCUT2D eigenvalue weighted by atomic mass is 10.1. The lowest BCUT2D eigenvalue weighted by molar-refractivity contribution is -0.137. The first-order valence-electron chi connectivity index (χ1n) is 7.39. The fourth-order valence-corrected chi connectivity index (χ4v) is 2.95. The average molecular weight is 364 g/mol. The Labute approximate surface area is 141 Å². The quantitative estimate of drug-likeness (QED) is 0.535. The molecule has 0 radical (unpaired) electrons. The van der Waals surface area contributed by atoms with Gasteiger partial charge in [0.15, 0.2) is 11.2 Å². The van der Waals surface area contributed by atoms with Gasteiger partial charge in [-0.15, -0.1) is 0 Å². The van der Waals surface area contributed by atoms with Gasteiger partial charge in [-0.2, -0.15) is 18.3 Å². The summed E-state index contributed by atoms with van der Waals surface area (Å²) in [5.41, 5.74) is -1.72. The molecule has 11 heteroatoms. The summed E-state index contributed by atoms with van der Waals surface area (Å²) in [5, 5.41) is 6.72. The van der Waals surface area contributed by atoms with Crippen molar-refractivity contribution < 1.29 is 13.2 Å². The molecule has 0 aliphatic carbocycles. The van der Waals surface area contributed by atoms with Gasteiger partial charge in [-0.25, -0.2) is 9.78 Å². The van der Waals surface area contributed by atoms with E-state index in [1.54, 1.807) is 0 Å². The fourth-order valence-electron chi connectivity index (χ4n) is 2.95. The van der Waals surface area contributed by atoms with Gasteiger partial charge in [0.1, 0.15) is 5.82 Å². The van der Waals surface area contributed by atoms with Crippen LogP contribution in [0, 0.1) is 0 Å². The van der Waals surface area contributed by atoms with Gasteiger partial charge in [0, 0.05) is 25.0 Å². The van der Waals surface area contributed by atoms with E-state index in [0.29, 0.717) is 5.39 Å². The van der Waals surface area contributed by atoms with Gasteiger partial charge < -0.3 is 4.57 Å². The Morgan fingerprint density at radius 2 is 1.85 bits per heavy atom. The first-order chi connectivity index (χ1) is 12.2. The standard InChI is InChI=1S/C15H11F3N6O2/c1-23-10-12(24(2)14(26)21-13(10)25)20-11(23)7-3-6(15(16,17)18)4-9-8(7)5-19-22-9/h3-5H,1-2H3,(H,19,22)(H,21,25,26). The topological polar surface area (TPSA) is 101 Å². The number of H-pyrrole nitrogens is 2. The summed E-state index contributed by atoms with van der Waals surface area (Å²) < 4.78 is 42.2. The third-order valence-corrected chi connectivity index (χ3v) is 4.26. The number of rotatable bonds is 1. The van der Waals surface area contributed by atoms with E-state index < -0.39 is 23.0 Å². The van der Waals surface area contributed by atoms with E-state index in [1.165, 1.54) is 24.9 Å². The molecule has 0 unspecified atom stereocenters. The molecule has 0 amide bonds. The fraction of sp³-hybridized carbons (Fsp3) is 0.200. The lowest BCUT2D eigenvalue weighted by Gasteiger charge is -2.10. The zero-order valence-electron chi connectivity index (χ0n) is 13.5. The van der Waals surface area contributed by atoms with Crippen molar-refractivity contribution in [2.24, 2.45) is 14.1 Å². The van der Waals surface area contributed by atoms with Gasteiger partial charge in [-0.3, -0.25) is 19.4 Å². The number of nitrogens with zero attached hydrogens (tertiary/aromatic N) is 4. The zero-order valence-corrected chi connectivity index (χ0v) is 13.5. The summed E-state index contributed by atoms with van der Waals surface area (Å²) >= 11 is 0. The molecule has 0 bridgehead atoms. The molecule has 0 aliphatic heterocycles. The monoisotopic (exact) mass is 364 g/mol. The van der Waals surface area contributed by atoms with Crippen LogP contribution in [-0.2, 0) is 20.3 Å². The van der Waals surface area contributed by atoms with Crippen LogP contribution in [0.1, 0.15) is 5.56 Å². The zero-order chi connectivity index (χ0) is 18.8. The Balaban J connectivity index is 2.14. The average Bonchev–Trinajstić information content (AvgIpc) is 3.15. The highest BCUT2D eigenvalue weighted by atomic mass is 19.4. The van der Waals surface area contributed by atoms with Crippen molar-refractivity contribution in [3.8, 4) is 11.4 Å². The second-order valence-corrected chi connectivity index (χ2v) is 5.84. The minimum atomic E-state index is -4.57. The van der Waals surface area contributed by atoms with Crippen LogP contribution >= 0.6 is 0 Å². The number of benzene rings is 1. The van der Waals surface area contributed by atoms with Crippen LogP contribution in [0.5, 0.6) is 0 Å². The van der Waals surface area contributed by atoms with Gasteiger partial charge in [-0.05, 0) is 12.1 Å². The van der Waals surface area contributed by atoms with Crippen molar-refractivity contribution in [3.63, 3.8) is 0 Å². The van der Waals surface area contributed by atoms with Crippen molar-refractivity contribution >= 4 is 22.1 Å². The van der Waals surface area contributed by atoms with E-state index in [2.05, 4.69) is 20.2 Å². The highest BCUT2D eigenvalue weighted by molar-refractivity contribution is 5.95. The molecular weight excluding hydrogens is 353 g/mol. The minimum absolute atomic E-state index is 0.0744. The number of fused-ring (bicyclic) bond motifs is 2. The maximum Gasteiger partial charge on any atom is 0.416 e. The largest absolute Gasteiger partial charge is 0.416 e. The van der Waals surface area contributed by atoms with Crippen LogP contribution in [0.25, 0.3) is 33.5 Å². The summed E-state index contributed by atoms with van der Waals surface area (Å²) in [6.07, 6.45) is -3.18. The van der Waals surface area contributed by atoms with E-state index in [4.69, 9.17) is 0 Å². The normalized spacial score (nSPS) is 12.3. The molecule has 0 spiro atoms. The molecule has 3 heterocycles. The molecule has 0 fully saturated rings. The Morgan fingerprint density at radius 3 is 2.54 bits per heavy atom. The third kappa shape index (κ3) is 2.16. The van der Waals surface area contributed by atoms with Gasteiger partial charge in [-0.1, -0.05) is 0 Å². The second-order valence-electron chi connectivity index (χ2n) is 5.84. The van der Waals surface area contributed by atoms with E-state index in [9.17, 15) is 22.8 Å². The number of nitrogens with one attached hydrogen (secondary N) is 2. The van der Waals surface area contributed by atoms with Crippen molar-refractivity contribution in [2.75, 3.05) is 0 Å². The smallest absolute Gasteiger partial charge is 0.321 e. The molecule has 0 aliphatic rings. The van der Waals surface area contributed by atoms with E-state index in [1.807, 2.05) is 0 Å². The van der Waals surface area contributed by atoms with Gasteiger partial charge in [0.2, 0.25) is 0 Å². The number of imidazole rings is 1. The molecule has 3 aromatic heterocycles. The summed E-state index contributed by atoms with van der Waals surface area (Å²) in [5.74, 6) is 0.115. The predicted octanol–water partition coefficient (Wildman–Crippen LogP) is 1.52. The van der Waals surface area contributed by atoms with Crippen molar-refractivity contribution in [2.45, 2.75) is 6.18 Å². The third-order valence-electron chi connectivity index (χ3n) is 4.26. The van der Waals surface area contributed by atoms with Gasteiger partial charge in [0.05, 0.1) is 17.3 Å². The maximum atomic E-state index is 13.2. The van der Waals surface area contributed by atoms with Crippen LogP contribution in [0.4, 0.5) is 13.2 Å². The van der Waals surface area contributed by atoms with Crippen molar-refractivity contribution in [3.05, 3.63) is 44.7 Å². The molecule has 0 saturated heterocycles. The van der Waals surface area contributed by atoms with Gasteiger partial charge in [0.25, 0.3) is 5.56 Å². The molecule has 8 nitrogen and oxygen atoms in total. The summed E-state index contributed by atoms with van der Waals surface area (Å²) in [6, 6.07) is 1.91. The number of aryl methyl sites for hydroxylation is 2. The molecule has 4 rings (SSSR count). The van der Waals surface area contributed by atoms with Crippen molar-refractivity contribution in [1.82, 2.24) is 29.3 Å². The summed E-state index contributed by atoms with van der Waals surface area (Å²) in [7, 11) is 2.91. The Hall–Kier alpha value is -3.37. The molecular formula is C15H11F3N6O2. The molecule has 1 aromatic carbocycles. The molecule has 134 valence electrons. The first kappa shape index (κ1) is 16.1. The van der Waals surface area contributed by atoms with Gasteiger partial charge >= 0.3 is 11.9 Å². The van der Waals surface area contributed by atoms with Crippen LogP contribution in [0.15, 0.2) is 27.9 Å². The van der Waals surface area contributed by atoms with Crippen LogP contribution in [-0.4, -0.2) is 29.3 Å².